The number of likely N-dealkylation sites (N-methyl/N-ethyl adjacent to an activating group) is 1. The Kier molecular flexibility index (Phi) is 32.2. The minimum Gasteiger partial charge on any atom is -0.492 e. The zero-order valence-corrected chi connectivity index (χ0v) is 62.2. The summed E-state index contributed by atoms with van der Waals surface area (Å²) < 4.78 is 13.8. The van der Waals surface area contributed by atoms with Crippen LogP contribution in [0.2, 0.25) is 0 Å². The number of ketones is 1. The maximum atomic E-state index is 12.7. The van der Waals surface area contributed by atoms with Crippen LogP contribution in [0.3, 0.4) is 0 Å². The number of aromatic nitrogens is 5. The SMILES string of the molecule is CCCCc1nc2cc(/C=C/C(=O)NO)ccc2n1CCN(CC)CC.CNC(=O)c1ccc(CC(=O)N(CCO)c2ccccc2)cc1.CNC(=O)c1ccc(OCCNC(=O)c2oc3ccccc3c2CN(C)C)cc1.Nc1ccccc1CC(=O)c1ccc(CNc2nccc(-c3cccnc3)n2)cc1. The van der Waals surface area contributed by atoms with Crippen LogP contribution in [-0.2, 0) is 48.5 Å². The van der Waals surface area contributed by atoms with Gasteiger partial charge in [-0.2, -0.15) is 0 Å². The van der Waals surface area contributed by atoms with Gasteiger partial charge in [0.05, 0.1) is 36.3 Å². The average molecular weight is 1460 g/mol. The first-order valence-electron chi connectivity index (χ1n) is 35.9. The van der Waals surface area contributed by atoms with Crippen LogP contribution in [0.4, 0.5) is 17.3 Å². The van der Waals surface area contributed by atoms with Crippen molar-refractivity contribution in [1.82, 2.24) is 55.7 Å². The predicted molar refractivity (Wildman–Crippen MR) is 424 cm³/mol. The van der Waals surface area contributed by atoms with E-state index in [1.807, 2.05) is 152 Å². The molecule has 0 unspecified atom stereocenters. The van der Waals surface area contributed by atoms with Gasteiger partial charge in [-0.25, -0.2) is 20.4 Å². The fraction of sp³-hybridized carbons (Fsp3) is 0.262. The smallest absolute Gasteiger partial charge is 0.287 e. The minimum absolute atomic E-state index is 0.0416. The zero-order valence-electron chi connectivity index (χ0n) is 62.2. The minimum atomic E-state index is -0.543. The first-order valence-corrected chi connectivity index (χ1v) is 35.9. The third-order valence-corrected chi connectivity index (χ3v) is 17.3. The summed E-state index contributed by atoms with van der Waals surface area (Å²) in [7, 11) is 7.06. The van der Waals surface area contributed by atoms with E-state index < -0.39 is 5.91 Å². The van der Waals surface area contributed by atoms with Gasteiger partial charge in [-0.3, -0.25) is 39.0 Å². The van der Waals surface area contributed by atoms with Crippen LogP contribution in [0.15, 0.2) is 217 Å². The third kappa shape index (κ3) is 24.4. The van der Waals surface area contributed by atoms with Crippen LogP contribution < -0.4 is 42.1 Å². The topological polar surface area (TPSA) is 318 Å². The number of hydrogen-bond donors (Lipinski definition) is 8. The summed E-state index contributed by atoms with van der Waals surface area (Å²) >= 11 is 0. The fourth-order valence-electron chi connectivity index (χ4n) is 11.5. The number of fused-ring (bicyclic) bond motifs is 2. The molecule has 11 aromatic rings. The molecule has 0 spiro atoms. The van der Waals surface area contributed by atoms with E-state index >= 15 is 0 Å². The highest BCUT2D eigenvalue weighted by atomic mass is 16.5. The van der Waals surface area contributed by atoms with Gasteiger partial charge in [-0.15, -0.1) is 0 Å². The number of nitrogen functional groups attached to an aromatic ring is 1. The molecule has 108 heavy (non-hydrogen) atoms. The number of furan rings is 1. The van der Waals surface area contributed by atoms with Crippen LogP contribution in [0.5, 0.6) is 5.75 Å². The van der Waals surface area contributed by atoms with E-state index in [4.69, 9.17) is 25.1 Å². The molecular weight excluding hydrogens is 1370 g/mol. The zero-order chi connectivity index (χ0) is 77.2. The number of anilines is 3. The van der Waals surface area contributed by atoms with Gasteiger partial charge < -0.3 is 60.5 Å². The van der Waals surface area contributed by atoms with Gasteiger partial charge in [0.15, 0.2) is 11.5 Å². The number of amides is 5. The number of aliphatic hydroxyl groups excluding tert-OH is 1. The monoisotopic (exact) mass is 1460 g/mol. The summed E-state index contributed by atoms with van der Waals surface area (Å²) in [5.41, 5.74) is 19.7. The number of hydroxylamine groups is 1. The van der Waals surface area contributed by atoms with Gasteiger partial charge in [-0.1, -0.05) is 124 Å². The number of nitrogens with one attached hydrogen (secondary N) is 5. The third-order valence-electron chi connectivity index (χ3n) is 17.3. The second kappa shape index (κ2) is 42.7. The number of Topliss-reactive ketones (excluding diaryl/α,β-unsaturated/α-hetero) is 1. The molecule has 0 atom stereocenters. The average Bonchev–Trinajstić information content (AvgIpc) is 1.65. The lowest BCUT2D eigenvalue weighted by molar-refractivity contribution is -0.124. The molecule has 9 N–H and O–H groups in total. The van der Waals surface area contributed by atoms with Crippen molar-refractivity contribution in [2.75, 3.05) is 90.1 Å². The Balaban J connectivity index is 0.000000182. The van der Waals surface area contributed by atoms with Crippen molar-refractivity contribution in [3.05, 3.63) is 269 Å². The molecule has 0 aliphatic rings. The second-order valence-corrected chi connectivity index (χ2v) is 25.1. The lowest BCUT2D eigenvalue weighted by atomic mass is 10.0. The van der Waals surface area contributed by atoms with Crippen LogP contribution in [0, 0.1) is 0 Å². The number of para-hydroxylation sites is 3. The van der Waals surface area contributed by atoms with Crippen LogP contribution >= 0.6 is 0 Å². The van der Waals surface area contributed by atoms with E-state index in [2.05, 4.69) is 72.5 Å². The number of nitrogens with zero attached hydrogens (tertiary/aromatic N) is 8. The quantitative estimate of drug-likeness (QED) is 0.00500. The van der Waals surface area contributed by atoms with Gasteiger partial charge in [0.2, 0.25) is 11.9 Å². The Hall–Kier alpha value is -12.2. The lowest BCUT2D eigenvalue weighted by Crippen LogP contribution is -2.34. The molecule has 4 aromatic heterocycles. The summed E-state index contributed by atoms with van der Waals surface area (Å²) in [5, 5.41) is 29.9. The number of ether oxygens (including phenoxy) is 1. The summed E-state index contributed by atoms with van der Waals surface area (Å²) in [6, 6.07) is 57.3. The van der Waals surface area contributed by atoms with Gasteiger partial charge in [0.25, 0.3) is 23.6 Å². The number of carbonyl (C=O) groups is 6. The van der Waals surface area contributed by atoms with Crippen molar-refractivity contribution in [3.63, 3.8) is 0 Å². The van der Waals surface area contributed by atoms with Crippen molar-refractivity contribution in [3.8, 4) is 17.0 Å². The van der Waals surface area contributed by atoms with Gasteiger partial charge in [-0.05, 0) is 153 Å². The second-order valence-electron chi connectivity index (χ2n) is 25.1. The number of rotatable bonds is 31. The van der Waals surface area contributed by atoms with Crippen LogP contribution in [-0.4, -0.2) is 154 Å². The molecule has 0 bridgehead atoms. The largest absolute Gasteiger partial charge is 0.492 e. The first kappa shape index (κ1) is 81.4. The maximum absolute atomic E-state index is 12.7. The molecule has 562 valence electrons. The Morgan fingerprint density at radius 2 is 1.37 bits per heavy atom. The molecule has 0 saturated carbocycles. The van der Waals surface area contributed by atoms with E-state index in [1.54, 1.807) is 97.7 Å². The predicted octanol–water partition coefficient (Wildman–Crippen LogP) is 11.7. The van der Waals surface area contributed by atoms with Crippen molar-refractivity contribution in [2.24, 2.45) is 0 Å². The highest BCUT2D eigenvalue weighted by molar-refractivity contribution is 6.00. The highest BCUT2D eigenvalue weighted by Gasteiger charge is 2.22. The number of hydrogen-bond acceptors (Lipinski definition) is 18. The Morgan fingerprint density at radius 3 is 2.03 bits per heavy atom. The molecule has 24 nitrogen and oxygen atoms in total. The maximum Gasteiger partial charge on any atom is 0.287 e. The molecule has 11 rings (SSSR count). The number of aryl methyl sites for hydroxylation is 1. The van der Waals surface area contributed by atoms with Gasteiger partial charge in [0.1, 0.15) is 23.8 Å². The van der Waals surface area contributed by atoms with Crippen LogP contribution in [0.1, 0.15) is 109 Å². The molecule has 24 heteroatoms. The highest BCUT2D eigenvalue weighted by Crippen LogP contribution is 2.28. The van der Waals surface area contributed by atoms with Crippen molar-refractivity contribution >= 4 is 80.7 Å². The fourth-order valence-corrected chi connectivity index (χ4v) is 11.5. The van der Waals surface area contributed by atoms with E-state index in [0.29, 0.717) is 78.1 Å². The molecule has 0 radical (unpaired) electrons. The molecule has 0 aliphatic carbocycles. The van der Waals surface area contributed by atoms with Crippen LogP contribution in [0.25, 0.3) is 39.3 Å². The number of nitrogens with two attached hydrogens (primary N) is 1. The number of pyridine rings is 1. The van der Waals surface area contributed by atoms with E-state index in [1.165, 1.54) is 6.08 Å². The standard InChI is InChI=1S/C24H21N5O.C22H25N3O4.C20H30N4O2.C18H20N2O3/c25-21-6-2-1-4-19(21)14-23(30)18-9-7-17(8-10-18)15-28-24-27-13-11-22(29-24)20-5-3-12-26-16-20;1-23-21(26)15-8-10-16(11-9-15)28-13-12-24-22(27)20-18(14-25(2)3)17-6-4-5-7-19(17)29-20;1-4-7-8-19-21-17-15-16(10-12-20(25)22-26)9-11-18(17)24(19)14-13-23(5-2)6-3;1-19-18(23)15-9-7-14(8-10-15)13-17(22)20(11-12-21)16-5-3-2-4-6-16/h1-13,16H,14-15,25H2,(H,27,28,29);4-11H,12-14H2,1-3H3,(H,23,26)(H,24,27);9-12,15,26H,4-8,13-14H2,1-3H3,(H,22,25);2-10,21H,11-13H2,1H3,(H,19,23)/b;;12-10+;. The Morgan fingerprint density at radius 1 is 0.694 bits per heavy atom. The van der Waals surface area contributed by atoms with E-state index in [9.17, 15) is 33.9 Å². The summed E-state index contributed by atoms with van der Waals surface area (Å²) in [6.45, 7) is 12.5. The summed E-state index contributed by atoms with van der Waals surface area (Å²) in [5.74, 6) is 1.45. The Bertz CT molecular complexity index is 4720. The summed E-state index contributed by atoms with van der Waals surface area (Å²) in [6.07, 6.45) is 11.9. The molecule has 0 aliphatic heterocycles. The van der Waals surface area contributed by atoms with E-state index in [0.717, 1.165) is 112 Å². The number of carbonyl (C=O) groups excluding carboxylic acids is 6. The lowest BCUT2D eigenvalue weighted by Gasteiger charge is -2.22. The van der Waals surface area contributed by atoms with Crippen molar-refractivity contribution in [2.45, 2.75) is 72.5 Å². The number of imidazole rings is 1. The number of unbranched alkanes of at least 4 members (excludes halogenated alkanes) is 1. The van der Waals surface area contributed by atoms with Crippen molar-refractivity contribution < 1.29 is 48.2 Å². The molecule has 5 amide bonds. The number of aliphatic hydroxyl groups is 1. The molecule has 0 fully saturated rings. The number of benzene rings is 7. The molecular formula is C84H96N14O10. The molecule has 4 heterocycles. The Labute approximate surface area is 630 Å². The van der Waals surface area contributed by atoms with Gasteiger partial charge in [0, 0.05) is 129 Å². The summed E-state index contributed by atoms with van der Waals surface area (Å²) in [4.78, 5) is 95.7. The van der Waals surface area contributed by atoms with Gasteiger partial charge >= 0.3 is 0 Å². The molecule has 0 saturated heterocycles. The first-order chi connectivity index (χ1) is 52.4. The molecule has 7 aromatic carbocycles. The normalized spacial score (nSPS) is 10.8. The van der Waals surface area contributed by atoms with E-state index in [-0.39, 0.29) is 49.0 Å². The van der Waals surface area contributed by atoms with Crippen molar-refractivity contribution in [1.29, 1.82) is 0 Å².